The molecule has 25 heavy (non-hydrogen) atoms. The quantitative estimate of drug-likeness (QED) is 0.827. The van der Waals surface area contributed by atoms with Crippen LogP contribution in [0, 0.1) is 11.8 Å². The van der Waals surface area contributed by atoms with E-state index in [9.17, 15) is 5.11 Å². The van der Waals surface area contributed by atoms with Gasteiger partial charge in [0.05, 0.1) is 5.60 Å². The fraction of sp³-hybridized carbons (Fsp3) is 0.478. The van der Waals surface area contributed by atoms with Crippen LogP contribution in [-0.2, 0) is 0 Å². The van der Waals surface area contributed by atoms with Crippen molar-refractivity contribution >= 4 is 0 Å². The van der Waals surface area contributed by atoms with E-state index in [1.165, 1.54) is 11.1 Å². The molecule has 2 heteroatoms. The van der Waals surface area contributed by atoms with Crippen LogP contribution in [0.5, 0.6) is 0 Å². The van der Waals surface area contributed by atoms with Gasteiger partial charge in [-0.25, -0.2) is 0 Å². The van der Waals surface area contributed by atoms with Gasteiger partial charge in [0.25, 0.3) is 0 Å². The van der Waals surface area contributed by atoms with Crippen molar-refractivity contribution in [3.05, 3.63) is 71.8 Å². The largest absolute Gasteiger partial charge is 0.389 e. The van der Waals surface area contributed by atoms with Gasteiger partial charge in [-0.3, -0.25) is 4.90 Å². The van der Waals surface area contributed by atoms with Gasteiger partial charge in [0.1, 0.15) is 0 Å². The lowest BCUT2D eigenvalue weighted by Gasteiger charge is -2.56. The molecule has 3 rings (SSSR count). The average molecular weight is 338 g/mol. The Morgan fingerprint density at radius 2 is 1.24 bits per heavy atom. The Bertz CT molecular complexity index is 616. The number of piperidine rings is 1. The zero-order valence-electron chi connectivity index (χ0n) is 15.9. The molecule has 0 saturated carbocycles. The number of nitrogens with zero attached hydrogens (tertiary/aromatic N) is 1. The molecule has 0 spiro atoms. The average Bonchev–Trinajstić information content (AvgIpc) is 2.63. The normalized spacial score (nSPS) is 33.3. The summed E-state index contributed by atoms with van der Waals surface area (Å²) < 4.78 is 0. The minimum absolute atomic E-state index is 0.176. The molecule has 4 unspecified atom stereocenters. The first-order valence-electron chi connectivity index (χ1n) is 9.55. The van der Waals surface area contributed by atoms with Crippen LogP contribution in [0.2, 0.25) is 0 Å². The third-order valence-corrected chi connectivity index (χ3v) is 6.33. The van der Waals surface area contributed by atoms with Crippen molar-refractivity contribution in [2.24, 2.45) is 11.8 Å². The SMILES string of the molecule is CCCC1(O)C(C)C(c2ccccc2)N(C)C(c2ccccc2)C1C. The first-order valence-corrected chi connectivity index (χ1v) is 9.55. The number of benzene rings is 2. The number of hydrogen-bond acceptors (Lipinski definition) is 2. The van der Waals surface area contributed by atoms with Crippen molar-refractivity contribution in [2.75, 3.05) is 7.05 Å². The van der Waals surface area contributed by atoms with Gasteiger partial charge in [0.2, 0.25) is 0 Å². The highest BCUT2D eigenvalue weighted by Crippen LogP contribution is 2.53. The fourth-order valence-electron chi connectivity index (χ4n) is 5.04. The molecule has 2 aromatic rings. The van der Waals surface area contributed by atoms with Crippen molar-refractivity contribution < 1.29 is 5.11 Å². The number of rotatable bonds is 4. The zero-order valence-corrected chi connectivity index (χ0v) is 15.9. The topological polar surface area (TPSA) is 23.5 Å². The summed E-state index contributed by atoms with van der Waals surface area (Å²) in [5, 5.41) is 11.8. The first-order chi connectivity index (χ1) is 12.0. The second kappa shape index (κ2) is 7.31. The Hall–Kier alpha value is -1.64. The molecule has 0 radical (unpaired) electrons. The lowest BCUT2D eigenvalue weighted by molar-refractivity contribution is -0.159. The molecule has 0 bridgehead atoms. The van der Waals surface area contributed by atoms with Gasteiger partial charge in [0.15, 0.2) is 0 Å². The Morgan fingerprint density at radius 3 is 1.60 bits per heavy atom. The molecular weight excluding hydrogens is 306 g/mol. The lowest BCUT2D eigenvalue weighted by Crippen LogP contribution is -2.57. The van der Waals surface area contributed by atoms with Crippen molar-refractivity contribution in [1.29, 1.82) is 0 Å². The van der Waals surface area contributed by atoms with Crippen LogP contribution < -0.4 is 0 Å². The molecule has 1 heterocycles. The smallest absolute Gasteiger partial charge is 0.0734 e. The third-order valence-electron chi connectivity index (χ3n) is 6.33. The predicted molar refractivity (Wildman–Crippen MR) is 104 cm³/mol. The molecule has 2 nitrogen and oxygen atoms in total. The highest BCUT2D eigenvalue weighted by atomic mass is 16.3. The van der Waals surface area contributed by atoms with E-state index in [4.69, 9.17) is 0 Å². The second-order valence-corrected chi connectivity index (χ2v) is 7.70. The molecule has 2 aromatic carbocycles. The van der Waals surface area contributed by atoms with E-state index >= 15 is 0 Å². The van der Waals surface area contributed by atoms with E-state index in [1.807, 2.05) is 0 Å². The molecule has 1 aliphatic rings. The molecular formula is C23H31NO. The van der Waals surface area contributed by atoms with E-state index in [0.717, 1.165) is 12.8 Å². The van der Waals surface area contributed by atoms with E-state index in [-0.39, 0.29) is 23.9 Å². The standard InChI is InChI=1S/C23H31NO/c1-5-16-23(25)17(2)21(19-12-8-6-9-13-19)24(4)22(18(23)3)20-14-10-7-11-15-20/h6-15,17-18,21-22,25H,5,16H2,1-4H3. The van der Waals surface area contributed by atoms with Crippen LogP contribution in [0.15, 0.2) is 60.7 Å². The third kappa shape index (κ3) is 3.14. The number of likely N-dealkylation sites (tertiary alicyclic amines) is 1. The van der Waals surface area contributed by atoms with Gasteiger partial charge in [-0.1, -0.05) is 87.9 Å². The summed E-state index contributed by atoms with van der Waals surface area (Å²) in [7, 11) is 2.22. The van der Waals surface area contributed by atoms with Crippen LogP contribution in [0.3, 0.4) is 0 Å². The van der Waals surface area contributed by atoms with Gasteiger partial charge in [0, 0.05) is 23.9 Å². The first kappa shape index (κ1) is 18.2. The Labute approximate surface area is 152 Å². The molecule has 0 aromatic heterocycles. The van der Waals surface area contributed by atoms with E-state index in [2.05, 4.69) is 93.4 Å². The number of aliphatic hydroxyl groups is 1. The van der Waals surface area contributed by atoms with Crippen LogP contribution in [0.25, 0.3) is 0 Å². The van der Waals surface area contributed by atoms with Crippen molar-refractivity contribution in [3.63, 3.8) is 0 Å². The second-order valence-electron chi connectivity index (χ2n) is 7.70. The molecule has 134 valence electrons. The molecule has 4 atom stereocenters. The van der Waals surface area contributed by atoms with Gasteiger partial charge in [-0.05, 0) is 24.6 Å². The van der Waals surface area contributed by atoms with Crippen LogP contribution in [-0.4, -0.2) is 22.7 Å². The van der Waals surface area contributed by atoms with E-state index < -0.39 is 5.60 Å². The minimum Gasteiger partial charge on any atom is -0.389 e. The summed E-state index contributed by atoms with van der Waals surface area (Å²) in [6.07, 6.45) is 1.84. The maximum absolute atomic E-state index is 11.8. The van der Waals surface area contributed by atoms with Crippen LogP contribution in [0.1, 0.15) is 56.8 Å². The van der Waals surface area contributed by atoms with Crippen molar-refractivity contribution in [2.45, 2.75) is 51.3 Å². The summed E-state index contributed by atoms with van der Waals surface area (Å²) in [6, 6.07) is 21.7. The van der Waals surface area contributed by atoms with E-state index in [1.54, 1.807) is 0 Å². The fourth-order valence-corrected chi connectivity index (χ4v) is 5.04. The summed E-state index contributed by atoms with van der Waals surface area (Å²) in [6.45, 7) is 6.62. The maximum atomic E-state index is 11.8. The van der Waals surface area contributed by atoms with E-state index in [0.29, 0.717) is 0 Å². The van der Waals surface area contributed by atoms with Crippen molar-refractivity contribution in [3.8, 4) is 0 Å². The Morgan fingerprint density at radius 1 is 0.840 bits per heavy atom. The summed E-state index contributed by atoms with van der Waals surface area (Å²) in [5.74, 6) is 0.352. The molecule has 0 aliphatic carbocycles. The monoisotopic (exact) mass is 337 g/mol. The summed E-state index contributed by atoms with van der Waals surface area (Å²) in [5.41, 5.74) is 1.92. The van der Waals surface area contributed by atoms with Crippen LogP contribution >= 0.6 is 0 Å². The zero-order chi connectivity index (χ0) is 18.0. The van der Waals surface area contributed by atoms with Gasteiger partial charge >= 0.3 is 0 Å². The number of hydrogen-bond donors (Lipinski definition) is 1. The summed E-state index contributed by atoms with van der Waals surface area (Å²) in [4.78, 5) is 2.48. The highest BCUT2D eigenvalue weighted by Gasteiger charge is 2.53. The molecule has 1 aliphatic heterocycles. The highest BCUT2D eigenvalue weighted by molar-refractivity contribution is 5.28. The molecule has 1 saturated heterocycles. The maximum Gasteiger partial charge on any atom is 0.0734 e. The van der Waals surface area contributed by atoms with Gasteiger partial charge in [-0.2, -0.15) is 0 Å². The van der Waals surface area contributed by atoms with Crippen LogP contribution in [0.4, 0.5) is 0 Å². The minimum atomic E-state index is -0.664. The Kier molecular flexibility index (Phi) is 5.31. The molecule has 1 fully saturated rings. The molecule has 0 amide bonds. The Balaban J connectivity index is 2.10. The summed E-state index contributed by atoms with van der Waals surface area (Å²) >= 11 is 0. The van der Waals surface area contributed by atoms with Gasteiger partial charge < -0.3 is 5.11 Å². The lowest BCUT2D eigenvalue weighted by atomic mass is 9.63. The molecule has 1 N–H and O–H groups in total. The predicted octanol–water partition coefficient (Wildman–Crippen LogP) is 5.22. The van der Waals surface area contributed by atoms with Crippen molar-refractivity contribution in [1.82, 2.24) is 4.90 Å². The van der Waals surface area contributed by atoms with Gasteiger partial charge in [-0.15, -0.1) is 0 Å².